The minimum atomic E-state index is 0.692. The summed E-state index contributed by atoms with van der Waals surface area (Å²) in [6.45, 7) is 2.84. The molecule has 0 radical (unpaired) electrons. The SMILES string of the molecule is C#COCC1CCC(/C=C/C)CC1. The van der Waals surface area contributed by atoms with Gasteiger partial charge >= 0.3 is 0 Å². The molecule has 1 rings (SSSR count). The van der Waals surface area contributed by atoms with Crippen molar-refractivity contribution in [3.05, 3.63) is 12.2 Å². The Morgan fingerprint density at radius 2 is 2.08 bits per heavy atom. The zero-order chi connectivity index (χ0) is 9.52. The molecule has 0 atom stereocenters. The number of hydrogen-bond donors (Lipinski definition) is 0. The van der Waals surface area contributed by atoms with Crippen LogP contribution in [0.25, 0.3) is 0 Å². The molecule has 0 unspecified atom stereocenters. The van der Waals surface area contributed by atoms with Crippen LogP contribution in [-0.4, -0.2) is 6.61 Å². The van der Waals surface area contributed by atoms with Gasteiger partial charge in [0.05, 0.1) is 0 Å². The molecule has 0 aromatic carbocycles. The van der Waals surface area contributed by atoms with E-state index in [-0.39, 0.29) is 0 Å². The normalized spacial score (nSPS) is 28.6. The van der Waals surface area contributed by atoms with Crippen molar-refractivity contribution in [2.24, 2.45) is 11.8 Å². The number of hydrogen-bond acceptors (Lipinski definition) is 1. The third-order valence-corrected chi connectivity index (χ3v) is 2.76. The molecular weight excluding hydrogens is 160 g/mol. The highest BCUT2D eigenvalue weighted by Gasteiger charge is 2.19. The lowest BCUT2D eigenvalue weighted by Crippen LogP contribution is -2.16. The first-order valence-corrected chi connectivity index (χ1v) is 5.07. The van der Waals surface area contributed by atoms with E-state index in [1.54, 1.807) is 0 Å². The first-order chi connectivity index (χ1) is 6.36. The van der Waals surface area contributed by atoms with Crippen LogP contribution < -0.4 is 0 Å². The maximum absolute atomic E-state index is 5.04. The molecule has 1 saturated carbocycles. The van der Waals surface area contributed by atoms with Crippen molar-refractivity contribution in [2.75, 3.05) is 6.61 Å². The second-order valence-electron chi connectivity index (χ2n) is 3.74. The summed E-state index contributed by atoms with van der Waals surface area (Å²) in [5, 5.41) is 0. The molecule has 0 bridgehead atoms. The summed E-state index contributed by atoms with van der Waals surface area (Å²) < 4.78 is 4.98. The summed E-state index contributed by atoms with van der Waals surface area (Å²) in [4.78, 5) is 0. The van der Waals surface area contributed by atoms with Gasteiger partial charge in [0.2, 0.25) is 0 Å². The summed E-state index contributed by atoms with van der Waals surface area (Å²) in [5.74, 6) is 1.49. The van der Waals surface area contributed by atoms with Crippen molar-refractivity contribution in [3.63, 3.8) is 0 Å². The monoisotopic (exact) mass is 178 g/mol. The van der Waals surface area contributed by atoms with Crippen LogP contribution in [0.15, 0.2) is 12.2 Å². The standard InChI is InChI=1S/C12H18O/c1-3-5-11-6-8-12(9-7-11)10-13-4-2/h2-3,5,11-12H,6-10H2,1H3/b5-3+. The van der Waals surface area contributed by atoms with Crippen LogP contribution in [0.4, 0.5) is 0 Å². The minimum absolute atomic E-state index is 0.692. The Hall–Kier alpha value is -0.900. The lowest BCUT2D eigenvalue weighted by atomic mass is 9.82. The molecule has 1 nitrogen and oxygen atoms in total. The quantitative estimate of drug-likeness (QED) is 0.477. The highest BCUT2D eigenvalue weighted by molar-refractivity contribution is 4.88. The van der Waals surface area contributed by atoms with Gasteiger partial charge in [-0.25, -0.2) is 0 Å². The first kappa shape index (κ1) is 10.2. The molecule has 13 heavy (non-hydrogen) atoms. The summed E-state index contributed by atoms with van der Waals surface area (Å²) in [7, 11) is 0. The Morgan fingerprint density at radius 3 is 2.62 bits per heavy atom. The molecule has 0 aromatic rings. The maximum atomic E-state index is 5.04. The average Bonchev–Trinajstić information content (AvgIpc) is 2.17. The molecule has 0 aliphatic heterocycles. The molecule has 72 valence electrons. The lowest BCUT2D eigenvalue weighted by Gasteiger charge is -2.25. The smallest absolute Gasteiger partial charge is 0.106 e. The Bertz CT molecular complexity index is 192. The number of rotatable bonds is 3. The topological polar surface area (TPSA) is 9.23 Å². The Balaban J connectivity index is 2.19. The van der Waals surface area contributed by atoms with E-state index in [1.165, 1.54) is 25.7 Å². The number of allylic oxidation sites excluding steroid dienone is 2. The lowest BCUT2D eigenvalue weighted by molar-refractivity contribution is 0.172. The number of terminal acetylenes is 1. The van der Waals surface area contributed by atoms with Crippen LogP contribution >= 0.6 is 0 Å². The fraction of sp³-hybridized carbons (Fsp3) is 0.667. The third-order valence-electron chi connectivity index (χ3n) is 2.76. The van der Waals surface area contributed by atoms with E-state index in [0.29, 0.717) is 5.92 Å². The molecule has 0 aromatic heterocycles. The molecule has 0 N–H and O–H groups in total. The van der Waals surface area contributed by atoms with E-state index in [1.807, 2.05) is 0 Å². The van der Waals surface area contributed by atoms with E-state index in [0.717, 1.165) is 12.5 Å². The van der Waals surface area contributed by atoms with Gasteiger partial charge in [-0.3, -0.25) is 0 Å². The summed E-state index contributed by atoms with van der Waals surface area (Å²) in [6.07, 6.45) is 16.9. The summed E-state index contributed by atoms with van der Waals surface area (Å²) >= 11 is 0. The molecule has 0 amide bonds. The molecule has 0 saturated heterocycles. The summed E-state index contributed by atoms with van der Waals surface area (Å²) in [5.41, 5.74) is 0. The third kappa shape index (κ3) is 3.55. The van der Waals surface area contributed by atoms with Crippen molar-refractivity contribution in [1.29, 1.82) is 0 Å². The van der Waals surface area contributed by atoms with Gasteiger partial charge in [0.15, 0.2) is 0 Å². The molecule has 1 heteroatoms. The first-order valence-electron chi connectivity index (χ1n) is 5.07. The van der Waals surface area contributed by atoms with E-state index >= 15 is 0 Å². The zero-order valence-electron chi connectivity index (χ0n) is 8.33. The largest absolute Gasteiger partial charge is 0.447 e. The molecule has 0 spiro atoms. The van der Waals surface area contributed by atoms with E-state index in [9.17, 15) is 0 Å². The maximum Gasteiger partial charge on any atom is 0.106 e. The van der Waals surface area contributed by atoms with Crippen molar-refractivity contribution in [1.82, 2.24) is 0 Å². The summed E-state index contributed by atoms with van der Waals surface area (Å²) in [6, 6.07) is 0. The predicted octanol–water partition coefficient (Wildman–Crippen LogP) is 2.98. The minimum Gasteiger partial charge on any atom is -0.447 e. The van der Waals surface area contributed by atoms with Crippen LogP contribution in [-0.2, 0) is 4.74 Å². The van der Waals surface area contributed by atoms with Crippen LogP contribution in [0.5, 0.6) is 0 Å². The van der Waals surface area contributed by atoms with E-state index in [4.69, 9.17) is 11.2 Å². The predicted molar refractivity (Wildman–Crippen MR) is 55.0 cm³/mol. The molecule has 1 aliphatic rings. The van der Waals surface area contributed by atoms with Crippen LogP contribution in [0.1, 0.15) is 32.6 Å². The molecular formula is C12H18O. The van der Waals surface area contributed by atoms with Crippen molar-refractivity contribution in [3.8, 4) is 12.5 Å². The average molecular weight is 178 g/mol. The van der Waals surface area contributed by atoms with Crippen molar-refractivity contribution >= 4 is 0 Å². The van der Waals surface area contributed by atoms with Gasteiger partial charge < -0.3 is 4.74 Å². The van der Waals surface area contributed by atoms with Gasteiger partial charge in [0, 0.05) is 0 Å². The van der Waals surface area contributed by atoms with Crippen LogP contribution in [0, 0.1) is 24.4 Å². The van der Waals surface area contributed by atoms with E-state index < -0.39 is 0 Å². The molecule has 1 fully saturated rings. The van der Waals surface area contributed by atoms with E-state index in [2.05, 4.69) is 25.2 Å². The number of ether oxygens (including phenoxy) is 1. The van der Waals surface area contributed by atoms with Crippen molar-refractivity contribution < 1.29 is 4.74 Å². The Morgan fingerprint density at radius 1 is 1.38 bits per heavy atom. The second kappa shape index (κ2) is 5.70. The van der Waals surface area contributed by atoms with Crippen LogP contribution in [0.3, 0.4) is 0 Å². The van der Waals surface area contributed by atoms with Gasteiger partial charge in [0.1, 0.15) is 12.7 Å². The van der Waals surface area contributed by atoms with Gasteiger partial charge in [-0.1, -0.05) is 18.6 Å². The Kier molecular flexibility index (Phi) is 4.46. The molecule has 1 aliphatic carbocycles. The van der Waals surface area contributed by atoms with Gasteiger partial charge in [-0.05, 0) is 44.4 Å². The van der Waals surface area contributed by atoms with Gasteiger partial charge in [0.25, 0.3) is 0 Å². The highest BCUT2D eigenvalue weighted by atomic mass is 16.5. The second-order valence-corrected chi connectivity index (χ2v) is 3.74. The van der Waals surface area contributed by atoms with Gasteiger partial charge in [-0.15, -0.1) is 0 Å². The Labute approximate surface area is 81.2 Å². The van der Waals surface area contributed by atoms with Crippen LogP contribution in [0.2, 0.25) is 0 Å². The highest BCUT2D eigenvalue weighted by Crippen LogP contribution is 2.29. The fourth-order valence-corrected chi connectivity index (χ4v) is 1.99. The van der Waals surface area contributed by atoms with Crippen molar-refractivity contribution in [2.45, 2.75) is 32.6 Å². The molecule has 0 heterocycles. The van der Waals surface area contributed by atoms with Gasteiger partial charge in [-0.2, -0.15) is 0 Å². The zero-order valence-corrected chi connectivity index (χ0v) is 8.33. The fourth-order valence-electron chi connectivity index (χ4n) is 1.99.